The van der Waals surface area contributed by atoms with E-state index in [1.165, 1.54) is 6.07 Å². The first-order valence-electron chi connectivity index (χ1n) is 5.21. The first kappa shape index (κ1) is 12.3. The summed E-state index contributed by atoms with van der Waals surface area (Å²) in [5.74, 6) is 1.17. The van der Waals surface area contributed by atoms with Gasteiger partial charge in [0.25, 0.3) is 0 Å². The van der Waals surface area contributed by atoms with Crippen molar-refractivity contribution in [2.75, 3.05) is 0 Å². The zero-order valence-electron chi connectivity index (χ0n) is 9.34. The first-order valence-corrected chi connectivity index (χ1v) is 6.00. The van der Waals surface area contributed by atoms with E-state index in [0.29, 0.717) is 23.5 Å². The number of nitrogens with zero attached hydrogens (tertiary/aromatic N) is 1. The molecule has 0 bridgehead atoms. The molecule has 3 nitrogen and oxygen atoms in total. The molecular formula is C12H12BrFN2O. The fraction of sp³-hybridized carbons (Fsp3) is 0.250. The molecule has 0 fully saturated rings. The van der Waals surface area contributed by atoms with Crippen LogP contribution in [-0.2, 0) is 13.1 Å². The average Bonchev–Trinajstić information content (AvgIpc) is 2.70. The van der Waals surface area contributed by atoms with Crippen LogP contribution < -0.4 is 5.32 Å². The van der Waals surface area contributed by atoms with Crippen molar-refractivity contribution in [3.05, 3.63) is 51.9 Å². The van der Waals surface area contributed by atoms with E-state index >= 15 is 0 Å². The highest BCUT2D eigenvalue weighted by Crippen LogP contribution is 2.16. The summed E-state index contributed by atoms with van der Waals surface area (Å²) >= 11 is 3.12. The molecule has 0 unspecified atom stereocenters. The van der Waals surface area contributed by atoms with Crippen LogP contribution >= 0.6 is 15.9 Å². The molecule has 0 saturated carbocycles. The van der Waals surface area contributed by atoms with Crippen molar-refractivity contribution in [2.24, 2.45) is 0 Å². The zero-order chi connectivity index (χ0) is 12.3. The lowest BCUT2D eigenvalue weighted by Gasteiger charge is -2.03. The molecule has 2 rings (SSSR count). The van der Waals surface area contributed by atoms with Gasteiger partial charge in [-0.1, -0.05) is 6.07 Å². The molecule has 0 amide bonds. The lowest BCUT2D eigenvalue weighted by molar-refractivity contribution is 0.449. The molecule has 0 saturated heterocycles. The van der Waals surface area contributed by atoms with Crippen LogP contribution in [0.4, 0.5) is 4.39 Å². The summed E-state index contributed by atoms with van der Waals surface area (Å²) < 4.78 is 19.0. The van der Waals surface area contributed by atoms with Crippen LogP contribution in [0.1, 0.15) is 17.2 Å². The van der Waals surface area contributed by atoms with Gasteiger partial charge in [0.15, 0.2) is 0 Å². The third-order valence-electron chi connectivity index (χ3n) is 2.26. The molecule has 90 valence electrons. The summed E-state index contributed by atoms with van der Waals surface area (Å²) in [4.78, 5) is 4.07. The summed E-state index contributed by atoms with van der Waals surface area (Å²) in [5.41, 5.74) is 0.883. The van der Waals surface area contributed by atoms with E-state index in [2.05, 4.69) is 26.2 Å². The number of aromatic nitrogens is 1. The number of rotatable bonds is 4. The first-order chi connectivity index (χ1) is 8.15. The third-order valence-corrected chi connectivity index (χ3v) is 2.90. The Morgan fingerprint density at radius 1 is 1.41 bits per heavy atom. The minimum atomic E-state index is -0.253. The van der Waals surface area contributed by atoms with E-state index in [-0.39, 0.29) is 5.82 Å². The molecule has 2 aromatic rings. The van der Waals surface area contributed by atoms with Crippen molar-refractivity contribution in [1.82, 2.24) is 10.3 Å². The Balaban J connectivity index is 1.87. The van der Waals surface area contributed by atoms with Crippen molar-refractivity contribution in [2.45, 2.75) is 20.0 Å². The molecule has 1 aromatic heterocycles. The smallest absolute Gasteiger partial charge is 0.208 e. The molecule has 0 aliphatic carbocycles. The highest BCUT2D eigenvalue weighted by Gasteiger charge is 2.02. The number of oxazole rings is 1. The molecule has 1 heterocycles. The van der Waals surface area contributed by atoms with Gasteiger partial charge >= 0.3 is 0 Å². The van der Waals surface area contributed by atoms with Crippen molar-refractivity contribution < 1.29 is 8.81 Å². The second-order valence-electron chi connectivity index (χ2n) is 3.72. The second-order valence-corrected chi connectivity index (χ2v) is 4.57. The number of halogens is 2. The van der Waals surface area contributed by atoms with Crippen LogP contribution in [0, 0.1) is 12.7 Å². The van der Waals surface area contributed by atoms with Gasteiger partial charge in [0.1, 0.15) is 11.6 Å². The summed E-state index contributed by atoms with van der Waals surface area (Å²) in [7, 11) is 0. The molecule has 0 radical (unpaired) electrons. The van der Waals surface area contributed by atoms with E-state index in [0.717, 1.165) is 11.3 Å². The molecule has 0 spiro atoms. The fourth-order valence-electron chi connectivity index (χ4n) is 1.45. The lowest BCUT2D eigenvalue weighted by Crippen LogP contribution is -2.12. The van der Waals surface area contributed by atoms with Crippen LogP contribution in [0.15, 0.2) is 33.3 Å². The topological polar surface area (TPSA) is 38.1 Å². The number of nitrogens with one attached hydrogen (secondary N) is 1. The van der Waals surface area contributed by atoms with Crippen LogP contribution in [0.25, 0.3) is 0 Å². The summed E-state index contributed by atoms with van der Waals surface area (Å²) in [5, 5.41) is 3.14. The van der Waals surface area contributed by atoms with Gasteiger partial charge in [-0.25, -0.2) is 9.37 Å². The summed E-state index contributed by atoms with van der Waals surface area (Å²) in [6.07, 6.45) is 1.68. The van der Waals surface area contributed by atoms with E-state index in [4.69, 9.17) is 4.42 Å². The molecule has 0 aliphatic rings. The van der Waals surface area contributed by atoms with Crippen LogP contribution in [0.3, 0.4) is 0 Å². The minimum Gasteiger partial charge on any atom is -0.445 e. The number of hydrogen-bond donors (Lipinski definition) is 1. The Morgan fingerprint density at radius 2 is 2.24 bits per heavy atom. The maximum absolute atomic E-state index is 13.2. The van der Waals surface area contributed by atoms with Crippen LogP contribution in [0.5, 0.6) is 0 Å². The molecule has 1 N–H and O–H groups in total. The van der Waals surface area contributed by atoms with E-state index in [9.17, 15) is 4.39 Å². The Bertz CT molecular complexity index is 513. The molecule has 1 aromatic carbocycles. The monoisotopic (exact) mass is 298 g/mol. The SMILES string of the molecule is Cc1cnc(CNCc2ccc(Br)c(F)c2)o1. The van der Waals surface area contributed by atoms with E-state index in [1.807, 2.05) is 13.0 Å². The van der Waals surface area contributed by atoms with Gasteiger partial charge < -0.3 is 9.73 Å². The molecular weight excluding hydrogens is 287 g/mol. The zero-order valence-corrected chi connectivity index (χ0v) is 10.9. The Morgan fingerprint density at radius 3 is 2.88 bits per heavy atom. The molecule has 17 heavy (non-hydrogen) atoms. The number of hydrogen-bond acceptors (Lipinski definition) is 3. The van der Waals surface area contributed by atoms with E-state index < -0.39 is 0 Å². The third kappa shape index (κ3) is 3.38. The van der Waals surface area contributed by atoms with Gasteiger partial charge in [-0.2, -0.15) is 0 Å². The average molecular weight is 299 g/mol. The lowest BCUT2D eigenvalue weighted by atomic mass is 10.2. The highest BCUT2D eigenvalue weighted by atomic mass is 79.9. The second kappa shape index (κ2) is 5.42. The normalized spacial score (nSPS) is 10.8. The van der Waals surface area contributed by atoms with Crippen molar-refractivity contribution >= 4 is 15.9 Å². The van der Waals surface area contributed by atoms with Crippen LogP contribution in [-0.4, -0.2) is 4.98 Å². The molecule has 5 heteroatoms. The van der Waals surface area contributed by atoms with E-state index in [1.54, 1.807) is 12.3 Å². The predicted molar refractivity (Wildman–Crippen MR) is 65.9 cm³/mol. The summed E-state index contributed by atoms with van der Waals surface area (Å²) in [6, 6.07) is 5.06. The van der Waals surface area contributed by atoms with Crippen molar-refractivity contribution in [3.8, 4) is 0 Å². The van der Waals surface area contributed by atoms with Gasteiger partial charge in [-0.3, -0.25) is 0 Å². The standard InChI is InChI=1S/C12H12BrFN2O/c1-8-5-16-12(17-8)7-15-6-9-2-3-10(13)11(14)4-9/h2-5,15H,6-7H2,1H3. The highest BCUT2D eigenvalue weighted by molar-refractivity contribution is 9.10. The van der Waals surface area contributed by atoms with Crippen molar-refractivity contribution in [1.29, 1.82) is 0 Å². The Labute approximate surface area is 107 Å². The Hall–Kier alpha value is -1.20. The number of aryl methyl sites for hydroxylation is 1. The maximum Gasteiger partial charge on any atom is 0.208 e. The van der Waals surface area contributed by atoms with Gasteiger partial charge in [0, 0.05) is 6.54 Å². The summed E-state index contributed by atoms with van der Waals surface area (Å²) in [6.45, 7) is 2.96. The van der Waals surface area contributed by atoms with Crippen LogP contribution in [0.2, 0.25) is 0 Å². The van der Waals surface area contributed by atoms with Crippen molar-refractivity contribution in [3.63, 3.8) is 0 Å². The minimum absolute atomic E-state index is 0.253. The van der Waals surface area contributed by atoms with Gasteiger partial charge in [-0.15, -0.1) is 0 Å². The Kier molecular flexibility index (Phi) is 3.91. The fourth-order valence-corrected chi connectivity index (χ4v) is 1.69. The van der Waals surface area contributed by atoms with Gasteiger partial charge in [0.05, 0.1) is 17.2 Å². The predicted octanol–water partition coefficient (Wildman–Crippen LogP) is 3.17. The van der Waals surface area contributed by atoms with Gasteiger partial charge in [0.2, 0.25) is 5.89 Å². The molecule has 0 aliphatic heterocycles. The largest absolute Gasteiger partial charge is 0.445 e. The number of benzene rings is 1. The van der Waals surface area contributed by atoms with Gasteiger partial charge in [-0.05, 0) is 40.5 Å². The molecule has 0 atom stereocenters. The quantitative estimate of drug-likeness (QED) is 0.942. The maximum atomic E-state index is 13.2.